The Labute approximate surface area is 95.7 Å². The van der Waals surface area contributed by atoms with E-state index in [1.54, 1.807) is 35.2 Å². The maximum atomic E-state index is 10.2. The van der Waals surface area contributed by atoms with Crippen molar-refractivity contribution in [3.05, 3.63) is 41.1 Å². The zero-order chi connectivity index (χ0) is 10.5. The van der Waals surface area contributed by atoms with Gasteiger partial charge in [0.15, 0.2) is 0 Å². The summed E-state index contributed by atoms with van der Waals surface area (Å²) < 4.78 is 0. The quantitative estimate of drug-likeness (QED) is 0.595. The summed E-state index contributed by atoms with van der Waals surface area (Å²) in [7, 11) is 0. The molecule has 0 amide bonds. The highest BCUT2D eigenvalue weighted by molar-refractivity contribution is 7.99. The zero-order valence-corrected chi connectivity index (χ0v) is 9.35. The fraction of sp³-hybridized carbons (Fsp3) is 0. The van der Waals surface area contributed by atoms with E-state index in [2.05, 4.69) is 10.4 Å². The Morgan fingerprint density at radius 2 is 2.13 bits per heavy atom. The molecule has 0 N–H and O–H groups in total. The van der Waals surface area contributed by atoms with Crippen molar-refractivity contribution in [2.24, 2.45) is 4.99 Å². The lowest BCUT2D eigenvalue weighted by atomic mass is 10.3. The van der Waals surface area contributed by atoms with Crippen molar-refractivity contribution in [1.29, 1.82) is 0 Å². The smallest absolute Gasteiger partial charge is 0.211 e. The molecule has 0 aliphatic carbocycles. The van der Waals surface area contributed by atoms with Gasteiger partial charge in [0.05, 0.1) is 5.69 Å². The molecule has 4 heteroatoms. The van der Waals surface area contributed by atoms with E-state index >= 15 is 0 Å². The van der Waals surface area contributed by atoms with Gasteiger partial charge < -0.3 is 0 Å². The minimum absolute atomic E-state index is 0.670. The van der Waals surface area contributed by atoms with E-state index < -0.39 is 0 Å². The summed E-state index contributed by atoms with van der Waals surface area (Å²) in [6.45, 7) is 0. The third-order valence-electron chi connectivity index (χ3n) is 1.75. The second kappa shape index (κ2) is 4.94. The molecule has 0 saturated carbocycles. The highest BCUT2D eigenvalue weighted by atomic mass is 32.2. The zero-order valence-electron chi connectivity index (χ0n) is 7.71. The molecule has 1 aromatic carbocycles. The summed E-state index contributed by atoms with van der Waals surface area (Å²) in [4.78, 5) is 16.0. The molecule has 0 aliphatic rings. The molecule has 15 heavy (non-hydrogen) atoms. The molecular formula is C11H7NOS2. The number of rotatable bonds is 3. The average Bonchev–Trinajstić information content (AvgIpc) is 2.74. The first kappa shape index (κ1) is 10.2. The van der Waals surface area contributed by atoms with Gasteiger partial charge in [0, 0.05) is 15.2 Å². The van der Waals surface area contributed by atoms with Crippen molar-refractivity contribution >= 4 is 34.9 Å². The van der Waals surface area contributed by atoms with Gasteiger partial charge in [0.1, 0.15) is 0 Å². The largest absolute Gasteiger partial charge is 0.240 e. The first-order valence-electron chi connectivity index (χ1n) is 4.27. The maximum absolute atomic E-state index is 10.2. The molecule has 1 heterocycles. The van der Waals surface area contributed by atoms with E-state index in [0.717, 1.165) is 9.79 Å². The first-order chi connectivity index (χ1) is 7.40. The van der Waals surface area contributed by atoms with Gasteiger partial charge in [-0.1, -0.05) is 23.9 Å². The third-order valence-corrected chi connectivity index (χ3v) is 3.64. The standard InChI is InChI=1S/C11H7NOS2/c13-8-12-10-3-1-2-4-11(10)15-9-5-6-14-7-9/h1-7H. The topological polar surface area (TPSA) is 29.4 Å². The summed E-state index contributed by atoms with van der Waals surface area (Å²) >= 11 is 3.25. The summed E-state index contributed by atoms with van der Waals surface area (Å²) in [5.41, 5.74) is 0.670. The minimum atomic E-state index is 0.670. The van der Waals surface area contributed by atoms with Crippen LogP contribution in [0.3, 0.4) is 0 Å². The Kier molecular flexibility index (Phi) is 3.35. The van der Waals surface area contributed by atoms with E-state index in [9.17, 15) is 4.79 Å². The van der Waals surface area contributed by atoms with Crippen LogP contribution in [0.15, 0.2) is 55.9 Å². The van der Waals surface area contributed by atoms with Crippen LogP contribution in [0, 0.1) is 0 Å². The number of para-hydroxylation sites is 1. The van der Waals surface area contributed by atoms with Crippen LogP contribution in [0.25, 0.3) is 0 Å². The molecule has 0 bridgehead atoms. The highest BCUT2D eigenvalue weighted by Gasteiger charge is 2.02. The van der Waals surface area contributed by atoms with Gasteiger partial charge in [-0.05, 0) is 23.6 Å². The predicted molar refractivity (Wildman–Crippen MR) is 62.7 cm³/mol. The van der Waals surface area contributed by atoms with Crippen molar-refractivity contribution in [1.82, 2.24) is 0 Å². The molecule has 2 aromatic rings. The Hall–Kier alpha value is -1.35. The monoisotopic (exact) mass is 233 g/mol. The fourth-order valence-electron chi connectivity index (χ4n) is 1.12. The fourth-order valence-corrected chi connectivity index (χ4v) is 2.84. The summed E-state index contributed by atoms with van der Waals surface area (Å²) in [5, 5.41) is 4.08. The summed E-state index contributed by atoms with van der Waals surface area (Å²) in [5.74, 6) is 0. The molecule has 74 valence electrons. The molecular weight excluding hydrogens is 226 g/mol. The van der Waals surface area contributed by atoms with E-state index in [4.69, 9.17) is 0 Å². The first-order valence-corrected chi connectivity index (χ1v) is 6.03. The summed E-state index contributed by atoms with van der Waals surface area (Å²) in [6.07, 6.45) is 1.57. The van der Waals surface area contributed by atoms with E-state index in [0.29, 0.717) is 5.69 Å². The third kappa shape index (κ3) is 2.57. The number of thiophene rings is 1. The van der Waals surface area contributed by atoms with Crippen LogP contribution >= 0.6 is 23.1 Å². The van der Waals surface area contributed by atoms with Crippen LogP contribution in [0.5, 0.6) is 0 Å². The maximum Gasteiger partial charge on any atom is 0.240 e. The number of isocyanates is 1. The van der Waals surface area contributed by atoms with Gasteiger partial charge in [0.25, 0.3) is 0 Å². The lowest BCUT2D eigenvalue weighted by Crippen LogP contribution is -1.72. The van der Waals surface area contributed by atoms with Crippen LogP contribution in [-0.2, 0) is 4.79 Å². The van der Waals surface area contributed by atoms with Crippen LogP contribution in [0.4, 0.5) is 5.69 Å². The Morgan fingerprint density at radius 1 is 1.27 bits per heavy atom. The Morgan fingerprint density at radius 3 is 2.87 bits per heavy atom. The van der Waals surface area contributed by atoms with Crippen LogP contribution in [0.1, 0.15) is 0 Å². The van der Waals surface area contributed by atoms with E-state index in [-0.39, 0.29) is 0 Å². The van der Waals surface area contributed by atoms with Crippen molar-refractivity contribution in [3.63, 3.8) is 0 Å². The molecule has 0 saturated heterocycles. The Bertz CT molecular complexity index is 487. The predicted octanol–water partition coefficient (Wildman–Crippen LogP) is 3.87. The molecule has 0 aliphatic heterocycles. The number of benzene rings is 1. The number of aliphatic imine (C=N–C) groups is 1. The lowest BCUT2D eigenvalue weighted by molar-refractivity contribution is 0.565. The van der Waals surface area contributed by atoms with Gasteiger partial charge in [-0.25, -0.2) is 4.79 Å². The van der Waals surface area contributed by atoms with Gasteiger partial charge in [0.2, 0.25) is 6.08 Å². The minimum Gasteiger partial charge on any atom is -0.211 e. The van der Waals surface area contributed by atoms with Crippen molar-refractivity contribution < 1.29 is 4.79 Å². The molecule has 0 fully saturated rings. The van der Waals surface area contributed by atoms with Crippen molar-refractivity contribution in [2.75, 3.05) is 0 Å². The number of carbonyl (C=O) groups excluding carboxylic acids is 1. The van der Waals surface area contributed by atoms with Crippen molar-refractivity contribution in [3.8, 4) is 0 Å². The second-order valence-electron chi connectivity index (χ2n) is 2.73. The van der Waals surface area contributed by atoms with E-state index in [1.807, 2.05) is 29.6 Å². The Balaban J connectivity index is 2.31. The molecule has 2 rings (SSSR count). The second-order valence-corrected chi connectivity index (χ2v) is 4.63. The van der Waals surface area contributed by atoms with Crippen LogP contribution in [0.2, 0.25) is 0 Å². The molecule has 0 unspecified atom stereocenters. The molecule has 2 nitrogen and oxygen atoms in total. The van der Waals surface area contributed by atoms with Gasteiger partial charge >= 0.3 is 0 Å². The van der Waals surface area contributed by atoms with Crippen molar-refractivity contribution in [2.45, 2.75) is 9.79 Å². The molecule has 0 radical (unpaired) electrons. The molecule has 1 aromatic heterocycles. The normalized spacial score (nSPS) is 9.60. The average molecular weight is 233 g/mol. The lowest BCUT2D eigenvalue weighted by Gasteiger charge is -2.01. The van der Waals surface area contributed by atoms with Gasteiger partial charge in [-0.3, -0.25) is 0 Å². The van der Waals surface area contributed by atoms with Gasteiger partial charge in [-0.2, -0.15) is 16.3 Å². The number of hydrogen-bond donors (Lipinski definition) is 0. The van der Waals surface area contributed by atoms with Crippen LogP contribution in [-0.4, -0.2) is 6.08 Å². The van der Waals surface area contributed by atoms with Crippen LogP contribution < -0.4 is 0 Å². The number of hydrogen-bond acceptors (Lipinski definition) is 4. The van der Waals surface area contributed by atoms with E-state index in [1.165, 1.54) is 0 Å². The summed E-state index contributed by atoms with van der Waals surface area (Å²) in [6, 6.07) is 9.57. The molecule has 0 atom stereocenters. The highest BCUT2D eigenvalue weighted by Crippen LogP contribution is 2.35. The SMILES string of the molecule is O=C=Nc1ccccc1Sc1ccsc1. The molecule has 0 spiro atoms. The number of nitrogens with zero attached hydrogens (tertiary/aromatic N) is 1. The van der Waals surface area contributed by atoms with Gasteiger partial charge in [-0.15, -0.1) is 0 Å².